The van der Waals surface area contributed by atoms with Gasteiger partial charge in [-0.25, -0.2) is 8.42 Å². The van der Waals surface area contributed by atoms with Crippen molar-refractivity contribution in [2.24, 2.45) is 5.18 Å². The highest BCUT2D eigenvalue weighted by Gasteiger charge is 2.14. The first-order valence-corrected chi connectivity index (χ1v) is 6.61. The standard InChI is InChI=1S/C12H10N2O3S/c15-13-11-7-4-8-12(9-11)18(16,17)14-10-5-2-1-3-6-10/h1-9,14H. The summed E-state index contributed by atoms with van der Waals surface area (Å²) in [6.45, 7) is 0. The monoisotopic (exact) mass is 262 g/mol. The number of nitroso groups, excluding NO2 is 1. The Morgan fingerprint density at radius 3 is 2.33 bits per heavy atom. The fourth-order valence-electron chi connectivity index (χ4n) is 1.43. The molecule has 0 unspecified atom stereocenters. The molecule has 18 heavy (non-hydrogen) atoms. The van der Waals surface area contributed by atoms with E-state index in [1.54, 1.807) is 30.3 Å². The molecule has 0 fully saturated rings. The predicted molar refractivity (Wildman–Crippen MR) is 69.1 cm³/mol. The normalized spacial score (nSPS) is 10.9. The molecule has 0 heterocycles. The van der Waals surface area contributed by atoms with Gasteiger partial charge >= 0.3 is 0 Å². The molecule has 0 atom stereocenters. The molecule has 5 nitrogen and oxygen atoms in total. The second-order valence-corrected chi connectivity index (χ2v) is 5.24. The lowest BCUT2D eigenvalue weighted by Crippen LogP contribution is -2.12. The van der Waals surface area contributed by atoms with E-state index in [0.29, 0.717) is 5.69 Å². The minimum Gasteiger partial charge on any atom is -0.280 e. The molecule has 2 aromatic carbocycles. The Bertz CT molecular complexity index is 654. The van der Waals surface area contributed by atoms with Crippen LogP contribution in [0.25, 0.3) is 0 Å². The zero-order valence-corrected chi connectivity index (χ0v) is 10.1. The molecule has 0 aliphatic rings. The summed E-state index contributed by atoms with van der Waals surface area (Å²) in [6, 6.07) is 14.0. The van der Waals surface area contributed by atoms with Crippen LogP contribution in [0.5, 0.6) is 0 Å². The number of hydrogen-bond donors (Lipinski definition) is 1. The van der Waals surface area contributed by atoms with E-state index in [-0.39, 0.29) is 10.6 Å². The molecule has 0 spiro atoms. The van der Waals surface area contributed by atoms with Gasteiger partial charge in [0.2, 0.25) is 0 Å². The lowest BCUT2D eigenvalue weighted by atomic mass is 10.3. The van der Waals surface area contributed by atoms with E-state index in [0.717, 1.165) is 0 Å². The van der Waals surface area contributed by atoms with Gasteiger partial charge in [-0.3, -0.25) is 4.72 Å². The Morgan fingerprint density at radius 1 is 0.944 bits per heavy atom. The summed E-state index contributed by atoms with van der Waals surface area (Å²) in [5.41, 5.74) is 0.535. The summed E-state index contributed by atoms with van der Waals surface area (Å²) in [5.74, 6) is 0. The van der Waals surface area contributed by atoms with Gasteiger partial charge in [0.15, 0.2) is 0 Å². The van der Waals surface area contributed by atoms with Crippen LogP contribution in [0.1, 0.15) is 0 Å². The molecule has 1 N–H and O–H groups in total. The lowest BCUT2D eigenvalue weighted by molar-refractivity contribution is 0.601. The number of para-hydroxylation sites is 1. The van der Waals surface area contributed by atoms with Gasteiger partial charge in [-0.2, -0.15) is 0 Å². The van der Waals surface area contributed by atoms with Gasteiger partial charge in [-0.15, -0.1) is 4.91 Å². The Morgan fingerprint density at radius 2 is 1.67 bits per heavy atom. The highest BCUT2D eigenvalue weighted by molar-refractivity contribution is 7.92. The first-order chi connectivity index (χ1) is 8.62. The molecular weight excluding hydrogens is 252 g/mol. The van der Waals surface area contributed by atoms with Crippen LogP contribution >= 0.6 is 0 Å². The van der Waals surface area contributed by atoms with E-state index in [1.165, 1.54) is 24.3 Å². The largest absolute Gasteiger partial charge is 0.280 e. The van der Waals surface area contributed by atoms with Gasteiger partial charge in [0.25, 0.3) is 10.0 Å². The molecule has 0 radical (unpaired) electrons. The van der Waals surface area contributed by atoms with Crippen molar-refractivity contribution in [3.05, 3.63) is 59.5 Å². The van der Waals surface area contributed by atoms with Crippen LogP contribution in [-0.4, -0.2) is 8.42 Å². The smallest absolute Gasteiger partial charge is 0.261 e. The van der Waals surface area contributed by atoms with Crippen LogP contribution in [0.15, 0.2) is 64.7 Å². The van der Waals surface area contributed by atoms with Gasteiger partial charge in [0, 0.05) is 5.69 Å². The van der Waals surface area contributed by atoms with Crippen LogP contribution in [-0.2, 0) is 10.0 Å². The third kappa shape index (κ3) is 2.72. The lowest BCUT2D eigenvalue weighted by Gasteiger charge is -2.07. The highest BCUT2D eigenvalue weighted by Crippen LogP contribution is 2.20. The number of rotatable bonds is 4. The van der Waals surface area contributed by atoms with E-state index < -0.39 is 10.0 Å². The third-order valence-electron chi connectivity index (χ3n) is 2.26. The second kappa shape index (κ2) is 4.97. The van der Waals surface area contributed by atoms with Gasteiger partial charge in [-0.05, 0) is 35.5 Å². The van der Waals surface area contributed by atoms with Crippen molar-refractivity contribution in [3.63, 3.8) is 0 Å². The van der Waals surface area contributed by atoms with Gasteiger partial charge in [-0.1, -0.05) is 24.3 Å². The van der Waals surface area contributed by atoms with E-state index in [2.05, 4.69) is 9.90 Å². The summed E-state index contributed by atoms with van der Waals surface area (Å²) in [6.07, 6.45) is 0. The zero-order valence-electron chi connectivity index (χ0n) is 9.28. The van der Waals surface area contributed by atoms with E-state index in [9.17, 15) is 13.3 Å². The SMILES string of the molecule is O=Nc1cccc(S(=O)(=O)Nc2ccccc2)c1. The number of nitrogens with one attached hydrogen (secondary N) is 1. The van der Waals surface area contributed by atoms with Gasteiger partial charge in [0.1, 0.15) is 5.69 Å². The number of sulfonamides is 1. The topological polar surface area (TPSA) is 75.6 Å². The van der Waals surface area contributed by atoms with Crippen molar-refractivity contribution in [1.82, 2.24) is 0 Å². The maximum Gasteiger partial charge on any atom is 0.261 e. The van der Waals surface area contributed by atoms with Crippen LogP contribution in [0.3, 0.4) is 0 Å². The molecule has 0 aliphatic carbocycles. The van der Waals surface area contributed by atoms with Crippen LogP contribution in [0, 0.1) is 4.91 Å². The fourth-order valence-corrected chi connectivity index (χ4v) is 2.53. The second-order valence-electron chi connectivity index (χ2n) is 3.56. The summed E-state index contributed by atoms with van der Waals surface area (Å²) < 4.78 is 26.4. The number of anilines is 1. The maximum absolute atomic E-state index is 12.0. The van der Waals surface area contributed by atoms with E-state index in [1.807, 2.05) is 0 Å². The van der Waals surface area contributed by atoms with Crippen molar-refractivity contribution in [2.75, 3.05) is 4.72 Å². The van der Waals surface area contributed by atoms with Gasteiger partial charge < -0.3 is 0 Å². The summed E-state index contributed by atoms with van der Waals surface area (Å²) in [5, 5.41) is 2.71. The first kappa shape index (κ1) is 12.3. The Hall–Kier alpha value is -2.21. The quantitative estimate of drug-likeness (QED) is 0.861. The zero-order chi connectivity index (χ0) is 13.0. The maximum atomic E-state index is 12.0. The predicted octanol–water partition coefficient (Wildman–Crippen LogP) is 2.89. The number of benzene rings is 2. The molecule has 6 heteroatoms. The molecule has 2 rings (SSSR count). The first-order valence-electron chi connectivity index (χ1n) is 5.13. The summed E-state index contributed by atoms with van der Waals surface area (Å²) in [4.78, 5) is 10.4. The fraction of sp³-hybridized carbons (Fsp3) is 0. The molecule has 92 valence electrons. The third-order valence-corrected chi connectivity index (χ3v) is 3.64. The van der Waals surface area contributed by atoms with Crippen molar-refractivity contribution < 1.29 is 8.42 Å². The molecular formula is C12H10N2O3S. The molecule has 0 saturated carbocycles. The number of hydrogen-bond acceptors (Lipinski definition) is 4. The van der Waals surface area contributed by atoms with Crippen LogP contribution in [0.2, 0.25) is 0 Å². The average molecular weight is 262 g/mol. The average Bonchev–Trinajstić information content (AvgIpc) is 2.39. The van der Waals surface area contributed by atoms with Crippen LogP contribution in [0.4, 0.5) is 11.4 Å². The highest BCUT2D eigenvalue weighted by atomic mass is 32.2. The van der Waals surface area contributed by atoms with Crippen molar-refractivity contribution in [3.8, 4) is 0 Å². The minimum absolute atomic E-state index is 0.00320. The van der Waals surface area contributed by atoms with Crippen LogP contribution < -0.4 is 4.72 Å². The Labute approximate surface area is 104 Å². The molecule has 0 aliphatic heterocycles. The molecule has 0 amide bonds. The van der Waals surface area contributed by atoms with Crippen molar-refractivity contribution >= 4 is 21.4 Å². The van der Waals surface area contributed by atoms with Gasteiger partial charge in [0.05, 0.1) is 4.90 Å². The molecule has 0 saturated heterocycles. The van der Waals surface area contributed by atoms with E-state index in [4.69, 9.17) is 0 Å². The van der Waals surface area contributed by atoms with Crippen molar-refractivity contribution in [1.29, 1.82) is 0 Å². The van der Waals surface area contributed by atoms with Crippen molar-refractivity contribution in [2.45, 2.75) is 4.90 Å². The molecule has 0 bridgehead atoms. The summed E-state index contributed by atoms with van der Waals surface area (Å²) >= 11 is 0. The molecule has 2 aromatic rings. The minimum atomic E-state index is -3.69. The number of nitrogens with zero attached hydrogens (tertiary/aromatic N) is 1. The summed E-state index contributed by atoms with van der Waals surface area (Å²) in [7, 11) is -3.69. The van der Waals surface area contributed by atoms with E-state index >= 15 is 0 Å². The molecule has 0 aromatic heterocycles. The Balaban J connectivity index is 2.33. The Kier molecular flexibility index (Phi) is 3.38.